The third-order valence-electron chi connectivity index (χ3n) is 3.14. The fourth-order valence-electron chi connectivity index (χ4n) is 1.62. The largest absolute Gasteiger partial charge is 0.453 e. The predicted octanol–water partition coefficient (Wildman–Crippen LogP) is 2.60. The monoisotopic (exact) mass is 339 g/mol. The van der Waals surface area contributed by atoms with E-state index >= 15 is 0 Å². The quantitative estimate of drug-likeness (QED) is 0.634. The van der Waals surface area contributed by atoms with Crippen LogP contribution in [0.3, 0.4) is 0 Å². The zero-order valence-electron chi connectivity index (χ0n) is 13.7. The second-order valence-corrected chi connectivity index (χ2v) is 6.13. The van der Waals surface area contributed by atoms with Crippen LogP contribution in [0.2, 0.25) is 0 Å². The van der Waals surface area contributed by atoms with Crippen molar-refractivity contribution in [3.05, 3.63) is 29.3 Å². The van der Waals surface area contributed by atoms with Crippen LogP contribution < -0.4 is 5.32 Å². The number of thioether (sulfide) groups is 1. The summed E-state index contributed by atoms with van der Waals surface area (Å²) in [5.74, 6) is -0.659. The number of hydrogen-bond donors (Lipinski definition) is 1. The Bertz CT molecular complexity index is 588. The Labute approximate surface area is 139 Å². The van der Waals surface area contributed by atoms with Crippen molar-refractivity contribution in [2.75, 3.05) is 12.9 Å². The maximum atomic E-state index is 11.7. The lowest BCUT2D eigenvalue weighted by Crippen LogP contribution is -2.39. The van der Waals surface area contributed by atoms with Gasteiger partial charge in [-0.2, -0.15) is 0 Å². The second kappa shape index (κ2) is 9.19. The molecular formula is C16H21NO5S. The molecule has 0 aromatic heterocycles. The standard InChI is InChI=1S/C16H21NO5S/c1-10-5-6-13(9-11(10)2)23-8-7-14(18)22-12(3)15(19)17-16(20)21-4/h5-6,9,12H,7-8H2,1-4H3,(H,17,19,20)/t12-/m0/s1. The summed E-state index contributed by atoms with van der Waals surface area (Å²) in [6.07, 6.45) is -1.76. The van der Waals surface area contributed by atoms with Crippen molar-refractivity contribution >= 4 is 29.7 Å². The Kier molecular flexibility index (Phi) is 7.61. The molecule has 1 aromatic carbocycles. The van der Waals surface area contributed by atoms with Gasteiger partial charge in [-0.25, -0.2) is 4.79 Å². The molecule has 7 heteroatoms. The van der Waals surface area contributed by atoms with Crippen molar-refractivity contribution in [3.63, 3.8) is 0 Å². The summed E-state index contributed by atoms with van der Waals surface area (Å²) in [5, 5.41) is 1.95. The molecule has 2 amide bonds. The number of carbonyl (C=O) groups excluding carboxylic acids is 3. The summed E-state index contributed by atoms with van der Waals surface area (Å²) in [7, 11) is 1.14. The lowest BCUT2D eigenvalue weighted by atomic mass is 10.1. The molecule has 0 aliphatic rings. The van der Waals surface area contributed by atoms with Crippen LogP contribution in [0.5, 0.6) is 0 Å². The van der Waals surface area contributed by atoms with Crippen LogP contribution in [0.1, 0.15) is 24.5 Å². The van der Waals surface area contributed by atoms with Gasteiger partial charge in [0, 0.05) is 10.6 Å². The van der Waals surface area contributed by atoms with Gasteiger partial charge in [0.05, 0.1) is 13.5 Å². The number of imide groups is 1. The summed E-state index contributed by atoms with van der Waals surface area (Å²) in [5.41, 5.74) is 2.42. The van der Waals surface area contributed by atoms with Gasteiger partial charge in [0.15, 0.2) is 6.10 Å². The van der Waals surface area contributed by atoms with Crippen molar-refractivity contribution in [2.24, 2.45) is 0 Å². The van der Waals surface area contributed by atoms with Crippen molar-refractivity contribution in [1.82, 2.24) is 5.32 Å². The van der Waals surface area contributed by atoms with Crippen LogP contribution in [-0.4, -0.2) is 36.9 Å². The van der Waals surface area contributed by atoms with E-state index in [1.165, 1.54) is 18.1 Å². The van der Waals surface area contributed by atoms with E-state index in [4.69, 9.17) is 4.74 Å². The highest BCUT2D eigenvalue weighted by Crippen LogP contribution is 2.21. The zero-order chi connectivity index (χ0) is 17.4. The highest BCUT2D eigenvalue weighted by molar-refractivity contribution is 7.99. The number of rotatable bonds is 6. The number of esters is 1. The van der Waals surface area contributed by atoms with Gasteiger partial charge in [-0.1, -0.05) is 6.07 Å². The number of benzene rings is 1. The van der Waals surface area contributed by atoms with Crippen LogP contribution in [0.4, 0.5) is 4.79 Å². The SMILES string of the molecule is COC(=O)NC(=O)[C@H](C)OC(=O)CCSc1ccc(C)c(C)c1. The minimum atomic E-state index is -1.05. The average molecular weight is 339 g/mol. The first-order valence-electron chi connectivity index (χ1n) is 7.11. The van der Waals surface area contributed by atoms with E-state index in [1.54, 1.807) is 11.8 Å². The lowest BCUT2D eigenvalue weighted by molar-refractivity contribution is -0.154. The molecule has 0 spiro atoms. The summed E-state index contributed by atoms with van der Waals surface area (Å²) in [6, 6.07) is 6.11. The number of amides is 2. The second-order valence-electron chi connectivity index (χ2n) is 4.96. The minimum absolute atomic E-state index is 0.174. The fourth-order valence-corrected chi connectivity index (χ4v) is 2.55. The highest BCUT2D eigenvalue weighted by atomic mass is 32.2. The van der Waals surface area contributed by atoms with Crippen molar-refractivity contribution in [3.8, 4) is 0 Å². The maximum Gasteiger partial charge on any atom is 0.413 e. The summed E-state index contributed by atoms with van der Waals surface area (Å²) in [4.78, 5) is 35.2. The van der Waals surface area contributed by atoms with E-state index < -0.39 is 24.1 Å². The molecule has 1 N–H and O–H groups in total. The van der Waals surface area contributed by atoms with E-state index in [9.17, 15) is 14.4 Å². The Morgan fingerprint density at radius 1 is 1.22 bits per heavy atom. The van der Waals surface area contributed by atoms with Gasteiger partial charge in [0.25, 0.3) is 5.91 Å². The van der Waals surface area contributed by atoms with Gasteiger partial charge in [0.1, 0.15) is 0 Å². The number of hydrogen-bond acceptors (Lipinski definition) is 6. The van der Waals surface area contributed by atoms with Crippen LogP contribution in [-0.2, 0) is 19.1 Å². The topological polar surface area (TPSA) is 81.7 Å². The first kappa shape index (κ1) is 19.0. The Morgan fingerprint density at radius 2 is 1.91 bits per heavy atom. The molecule has 6 nitrogen and oxygen atoms in total. The fraction of sp³-hybridized carbons (Fsp3) is 0.438. The van der Waals surface area contributed by atoms with Crippen LogP contribution >= 0.6 is 11.8 Å². The van der Waals surface area contributed by atoms with Gasteiger partial charge in [0.2, 0.25) is 0 Å². The molecule has 23 heavy (non-hydrogen) atoms. The molecule has 0 bridgehead atoms. The molecule has 1 rings (SSSR count). The first-order chi connectivity index (χ1) is 10.8. The molecule has 0 unspecified atom stereocenters. The average Bonchev–Trinajstić information content (AvgIpc) is 2.50. The van der Waals surface area contributed by atoms with Crippen LogP contribution in [0.15, 0.2) is 23.1 Å². The number of nitrogens with one attached hydrogen (secondary N) is 1. The van der Waals surface area contributed by atoms with Crippen molar-refractivity contribution in [2.45, 2.75) is 38.2 Å². The van der Waals surface area contributed by atoms with Crippen LogP contribution in [0.25, 0.3) is 0 Å². The summed E-state index contributed by atoms with van der Waals surface area (Å²) < 4.78 is 9.26. The molecule has 1 aromatic rings. The smallest absolute Gasteiger partial charge is 0.413 e. The van der Waals surface area contributed by atoms with Gasteiger partial charge in [-0.05, 0) is 44.0 Å². The lowest BCUT2D eigenvalue weighted by Gasteiger charge is -2.12. The Morgan fingerprint density at radius 3 is 2.52 bits per heavy atom. The van der Waals surface area contributed by atoms with Gasteiger partial charge in [-0.15, -0.1) is 11.8 Å². The van der Waals surface area contributed by atoms with E-state index in [2.05, 4.69) is 10.8 Å². The number of methoxy groups -OCH3 is 1. The van der Waals surface area contributed by atoms with Gasteiger partial charge < -0.3 is 9.47 Å². The third-order valence-corrected chi connectivity index (χ3v) is 4.14. The number of carbonyl (C=O) groups is 3. The zero-order valence-corrected chi connectivity index (χ0v) is 14.5. The molecular weight excluding hydrogens is 318 g/mol. The van der Waals surface area contributed by atoms with Crippen molar-refractivity contribution < 1.29 is 23.9 Å². The first-order valence-corrected chi connectivity index (χ1v) is 8.10. The van der Waals surface area contributed by atoms with E-state index in [-0.39, 0.29) is 6.42 Å². The number of alkyl carbamates (subject to hydrolysis) is 1. The Hall–Kier alpha value is -2.02. The molecule has 0 heterocycles. The molecule has 126 valence electrons. The highest BCUT2D eigenvalue weighted by Gasteiger charge is 2.19. The van der Waals surface area contributed by atoms with E-state index in [1.807, 2.05) is 31.3 Å². The van der Waals surface area contributed by atoms with E-state index in [0.717, 1.165) is 12.0 Å². The summed E-state index contributed by atoms with van der Waals surface area (Å²) >= 11 is 1.55. The molecule has 0 radical (unpaired) electrons. The number of aryl methyl sites for hydroxylation is 2. The summed E-state index contributed by atoms with van der Waals surface area (Å²) in [6.45, 7) is 5.48. The van der Waals surface area contributed by atoms with Gasteiger partial charge >= 0.3 is 12.1 Å². The molecule has 1 atom stereocenters. The predicted molar refractivity (Wildman–Crippen MR) is 87.4 cm³/mol. The molecule has 0 aliphatic carbocycles. The molecule has 0 saturated carbocycles. The van der Waals surface area contributed by atoms with E-state index in [0.29, 0.717) is 5.75 Å². The molecule has 0 saturated heterocycles. The van der Waals surface area contributed by atoms with Crippen molar-refractivity contribution in [1.29, 1.82) is 0 Å². The normalized spacial score (nSPS) is 11.5. The third kappa shape index (κ3) is 6.73. The Balaban J connectivity index is 2.34. The molecule has 0 fully saturated rings. The number of ether oxygens (including phenoxy) is 2. The molecule has 0 aliphatic heterocycles. The van der Waals surface area contributed by atoms with Gasteiger partial charge in [-0.3, -0.25) is 14.9 Å². The van der Waals surface area contributed by atoms with Crippen LogP contribution in [0, 0.1) is 13.8 Å². The maximum absolute atomic E-state index is 11.7. The minimum Gasteiger partial charge on any atom is -0.453 e.